The minimum absolute atomic E-state index is 0.0731. The summed E-state index contributed by atoms with van der Waals surface area (Å²) in [6.45, 7) is 0.545. The van der Waals surface area contributed by atoms with Gasteiger partial charge in [-0.05, 0) is 24.3 Å². The first-order valence-corrected chi connectivity index (χ1v) is 8.27. The van der Waals surface area contributed by atoms with E-state index < -0.39 is 11.9 Å². The van der Waals surface area contributed by atoms with Gasteiger partial charge in [-0.3, -0.25) is 4.79 Å². The van der Waals surface area contributed by atoms with E-state index in [1.54, 1.807) is 24.3 Å². The number of halogens is 2. The molecule has 0 radical (unpaired) electrons. The number of hydrogen-bond acceptors (Lipinski definition) is 5. The minimum atomic E-state index is -0.785. The molecule has 1 amide bonds. The predicted molar refractivity (Wildman–Crippen MR) is 95.0 cm³/mol. The summed E-state index contributed by atoms with van der Waals surface area (Å²) in [6.07, 6.45) is -0.544. The van der Waals surface area contributed by atoms with E-state index in [0.717, 1.165) is 0 Å². The van der Waals surface area contributed by atoms with E-state index in [1.807, 2.05) is 0 Å². The van der Waals surface area contributed by atoms with Crippen molar-refractivity contribution < 1.29 is 18.4 Å². The third-order valence-electron chi connectivity index (χ3n) is 3.98. The Bertz CT molecular complexity index is 924. The van der Waals surface area contributed by atoms with Gasteiger partial charge >= 0.3 is 0 Å². The first-order valence-electron chi connectivity index (χ1n) is 8.27. The number of carbonyl (C=O) groups excluding carboxylic acids is 1. The molecular formula is C19H16F2N4O2. The van der Waals surface area contributed by atoms with Crippen molar-refractivity contribution in [1.29, 1.82) is 5.26 Å². The van der Waals surface area contributed by atoms with Gasteiger partial charge in [0.15, 0.2) is 0 Å². The number of oxime groups is 1. The zero-order valence-corrected chi connectivity index (χ0v) is 14.2. The molecule has 0 spiro atoms. The van der Waals surface area contributed by atoms with Gasteiger partial charge in [0.2, 0.25) is 6.10 Å². The van der Waals surface area contributed by atoms with Crippen molar-refractivity contribution in [3.8, 4) is 6.07 Å². The molecule has 2 aromatic carbocycles. The number of carbonyl (C=O) groups is 1. The van der Waals surface area contributed by atoms with Gasteiger partial charge in [-0.25, -0.2) is 8.78 Å². The van der Waals surface area contributed by atoms with Crippen molar-refractivity contribution >= 4 is 17.3 Å². The Morgan fingerprint density at radius 2 is 2.07 bits per heavy atom. The molecule has 0 saturated carbocycles. The Labute approximate surface area is 154 Å². The number of nitrogens with one attached hydrogen (secondary N) is 2. The molecule has 27 heavy (non-hydrogen) atoms. The maximum absolute atomic E-state index is 13.5. The molecule has 138 valence electrons. The number of anilines is 1. The zero-order valence-electron chi connectivity index (χ0n) is 14.2. The first-order chi connectivity index (χ1) is 13.1. The lowest BCUT2D eigenvalue weighted by atomic mass is 10.0. The molecule has 2 aromatic rings. The van der Waals surface area contributed by atoms with E-state index in [-0.39, 0.29) is 30.3 Å². The summed E-state index contributed by atoms with van der Waals surface area (Å²) >= 11 is 0. The predicted octanol–water partition coefficient (Wildman–Crippen LogP) is 2.56. The molecule has 0 bridgehead atoms. The number of rotatable bonds is 6. The molecule has 1 aliphatic rings. The highest BCUT2D eigenvalue weighted by Crippen LogP contribution is 2.18. The summed E-state index contributed by atoms with van der Waals surface area (Å²) in [4.78, 5) is 17.3. The van der Waals surface area contributed by atoms with Crippen molar-refractivity contribution in [3.63, 3.8) is 0 Å². The number of nitriles is 1. The van der Waals surface area contributed by atoms with Crippen molar-refractivity contribution in [2.75, 3.05) is 18.4 Å². The second-order valence-corrected chi connectivity index (χ2v) is 5.84. The molecule has 2 N–H and O–H groups in total. The number of nitrogens with zero attached hydrogens (tertiary/aromatic N) is 2. The number of hydrogen-bond donors (Lipinski definition) is 2. The van der Waals surface area contributed by atoms with E-state index in [2.05, 4.69) is 15.8 Å². The maximum atomic E-state index is 13.5. The van der Waals surface area contributed by atoms with Gasteiger partial charge in [0, 0.05) is 25.1 Å². The summed E-state index contributed by atoms with van der Waals surface area (Å²) in [7, 11) is 0. The van der Waals surface area contributed by atoms with Crippen molar-refractivity contribution in [2.24, 2.45) is 5.16 Å². The third-order valence-corrected chi connectivity index (χ3v) is 3.98. The van der Waals surface area contributed by atoms with Crippen LogP contribution in [0.1, 0.15) is 17.5 Å². The standard InChI is InChI=1S/C19H16F2N4O2/c20-13-4-1-3-12(9-13)17-10-18(27-25-17)19(26)24-8-7-23-16-6-2-5-15(21)14(16)11-22/h1-6,9,18,23H,7-8,10H2,(H,24,26). The molecule has 0 fully saturated rings. The van der Waals surface area contributed by atoms with E-state index >= 15 is 0 Å². The average Bonchev–Trinajstić information content (AvgIpc) is 3.15. The van der Waals surface area contributed by atoms with Gasteiger partial charge in [-0.2, -0.15) is 5.26 Å². The third kappa shape index (κ3) is 4.39. The summed E-state index contributed by atoms with van der Waals surface area (Å²) in [5.74, 6) is -1.34. The quantitative estimate of drug-likeness (QED) is 0.765. The van der Waals surface area contributed by atoms with Crippen molar-refractivity contribution in [1.82, 2.24) is 5.32 Å². The van der Waals surface area contributed by atoms with Crippen LogP contribution in [0.25, 0.3) is 0 Å². The zero-order chi connectivity index (χ0) is 19.2. The Hall–Kier alpha value is -3.47. The lowest BCUT2D eigenvalue weighted by Crippen LogP contribution is -2.37. The van der Waals surface area contributed by atoms with Crippen molar-refractivity contribution in [3.05, 3.63) is 65.2 Å². The second kappa shape index (κ2) is 8.27. The fourth-order valence-corrected chi connectivity index (χ4v) is 2.64. The van der Waals surface area contributed by atoms with Gasteiger partial charge in [0.1, 0.15) is 23.3 Å². The van der Waals surface area contributed by atoms with E-state index in [9.17, 15) is 13.6 Å². The van der Waals surface area contributed by atoms with Gasteiger partial charge < -0.3 is 15.5 Å². The van der Waals surface area contributed by atoms with Crippen LogP contribution < -0.4 is 10.6 Å². The molecule has 6 nitrogen and oxygen atoms in total. The molecule has 1 heterocycles. The normalized spacial score (nSPS) is 15.4. The van der Waals surface area contributed by atoms with E-state index in [1.165, 1.54) is 24.3 Å². The molecule has 3 rings (SSSR count). The van der Waals surface area contributed by atoms with Crippen LogP contribution in [0.2, 0.25) is 0 Å². The number of amides is 1. The average molecular weight is 370 g/mol. The molecule has 1 atom stereocenters. The van der Waals surface area contributed by atoms with Gasteiger partial charge in [-0.1, -0.05) is 23.4 Å². The monoisotopic (exact) mass is 370 g/mol. The van der Waals surface area contributed by atoms with Crippen LogP contribution in [0.5, 0.6) is 0 Å². The van der Waals surface area contributed by atoms with Crippen LogP contribution in [0.15, 0.2) is 47.6 Å². The molecule has 0 saturated heterocycles. The molecule has 8 heteroatoms. The van der Waals surface area contributed by atoms with Crippen LogP contribution in [-0.4, -0.2) is 30.8 Å². The van der Waals surface area contributed by atoms with Crippen molar-refractivity contribution in [2.45, 2.75) is 12.5 Å². The highest BCUT2D eigenvalue weighted by molar-refractivity contribution is 6.04. The molecule has 1 unspecified atom stereocenters. The maximum Gasteiger partial charge on any atom is 0.264 e. The summed E-state index contributed by atoms with van der Waals surface area (Å²) in [5.41, 5.74) is 1.37. The summed E-state index contributed by atoms with van der Waals surface area (Å²) < 4.78 is 26.8. The summed E-state index contributed by atoms with van der Waals surface area (Å²) in [6, 6.07) is 12.0. The highest BCUT2D eigenvalue weighted by Gasteiger charge is 2.28. The molecule has 1 aliphatic heterocycles. The topological polar surface area (TPSA) is 86.5 Å². The minimum Gasteiger partial charge on any atom is -0.382 e. The molecular weight excluding hydrogens is 354 g/mol. The summed E-state index contributed by atoms with van der Waals surface area (Å²) in [5, 5.41) is 18.4. The van der Waals surface area contributed by atoms with Crippen LogP contribution >= 0.6 is 0 Å². The smallest absolute Gasteiger partial charge is 0.264 e. The van der Waals surface area contributed by atoms with Gasteiger partial charge in [-0.15, -0.1) is 0 Å². The lowest BCUT2D eigenvalue weighted by Gasteiger charge is -2.11. The Kier molecular flexibility index (Phi) is 5.61. The Morgan fingerprint density at radius 1 is 1.26 bits per heavy atom. The Balaban J connectivity index is 1.46. The molecule has 0 aliphatic carbocycles. The second-order valence-electron chi connectivity index (χ2n) is 5.84. The van der Waals surface area contributed by atoms with Crippen LogP contribution in [0.3, 0.4) is 0 Å². The van der Waals surface area contributed by atoms with E-state index in [4.69, 9.17) is 10.1 Å². The Morgan fingerprint density at radius 3 is 2.85 bits per heavy atom. The lowest BCUT2D eigenvalue weighted by molar-refractivity contribution is -0.131. The van der Waals surface area contributed by atoms with Crippen LogP contribution in [0, 0.1) is 23.0 Å². The van der Waals surface area contributed by atoms with E-state index in [0.29, 0.717) is 23.5 Å². The number of benzene rings is 2. The van der Waals surface area contributed by atoms with Gasteiger partial charge in [0.05, 0.1) is 11.4 Å². The highest BCUT2D eigenvalue weighted by atomic mass is 19.1. The first kappa shape index (κ1) is 18.3. The SMILES string of the molecule is N#Cc1c(F)cccc1NCCNC(=O)C1CC(c2cccc(F)c2)=NO1. The molecule has 0 aromatic heterocycles. The van der Waals surface area contributed by atoms with Crippen LogP contribution in [0.4, 0.5) is 14.5 Å². The fraction of sp³-hybridized carbons (Fsp3) is 0.211. The van der Waals surface area contributed by atoms with Gasteiger partial charge in [0.25, 0.3) is 5.91 Å². The van der Waals surface area contributed by atoms with Crippen LogP contribution in [-0.2, 0) is 9.63 Å². The largest absolute Gasteiger partial charge is 0.382 e. The fourth-order valence-electron chi connectivity index (χ4n) is 2.64.